The smallest absolute Gasteiger partial charge is 0.125 e. The molecule has 2 aliphatic heterocycles. The predicted octanol–water partition coefficient (Wildman–Crippen LogP) is 2.50. The summed E-state index contributed by atoms with van der Waals surface area (Å²) in [5.41, 5.74) is 2.57. The molecule has 2 heterocycles. The van der Waals surface area contributed by atoms with Crippen LogP contribution in [0.5, 0.6) is 5.75 Å². The number of rotatable bonds is 1. The van der Waals surface area contributed by atoms with E-state index in [0.29, 0.717) is 6.04 Å². The van der Waals surface area contributed by atoms with Crippen molar-refractivity contribution < 1.29 is 4.74 Å². The van der Waals surface area contributed by atoms with E-state index in [1.807, 2.05) is 0 Å². The topological polar surface area (TPSA) is 24.5 Å². The fourth-order valence-electron chi connectivity index (χ4n) is 3.24. The lowest BCUT2D eigenvalue weighted by molar-refractivity contribution is 0.0259. The first-order valence-electron chi connectivity index (χ1n) is 7.29. The lowest BCUT2D eigenvalue weighted by Crippen LogP contribution is -2.48. The SMILES string of the molecule is Cc1ccc2c(c1)OC(C)(C)CC2N1CCNCC1. The quantitative estimate of drug-likeness (QED) is 0.839. The lowest BCUT2D eigenvalue weighted by atomic mass is 9.88. The highest BCUT2D eigenvalue weighted by molar-refractivity contribution is 5.41. The second-order valence-corrected chi connectivity index (χ2v) is 6.41. The molecule has 2 aliphatic rings. The van der Waals surface area contributed by atoms with Gasteiger partial charge < -0.3 is 10.1 Å². The number of hydrogen-bond acceptors (Lipinski definition) is 3. The summed E-state index contributed by atoms with van der Waals surface area (Å²) in [5, 5.41) is 3.43. The number of nitrogens with one attached hydrogen (secondary N) is 1. The van der Waals surface area contributed by atoms with Gasteiger partial charge in [0.25, 0.3) is 0 Å². The van der Waals surface area contributed by atoms with Crippen LogP contribution in [0.4, 0.5) is 0 Å². The summed E-state index contributed by atoms with van der Waals surface area (Å²) in [7, 11) is 0. The van der Waals surface area contributed by atoms with Gasteiger partial charge in [-0.2, -0.15) is 0 Å². The van der Waals surface area contributed by atoms with Crippen LogP contribution in [0.15, 0.2) is 18.2 Å². The van der Waals surface area contributed by atoms with Crippen molar-refractivity contribution in [3.05, 3.63) is 29.3 Å². The van der Waals surface area contributed by atoms with Crippen LogP contribution in [0.25, 0.3) is 0 Å². The van der Waals surface area contributed by atoms with Crippen LogP contribution in [0.2, 0.25) is 0 Å². The molecule has 1 fully saturated rings. The summed E-state index contributed by atoms with van der Waals surface area (Å²) in [6, 6.07) is 7.15. The molecule has 0 bridgehead atoms. The molecule has 1 aromatic carbocycles. The van der Waals surface area contributed by atoms with Gasteiger partial charge in [-0.05, 0) is 32.4 Å². The molecule has 19 heavy (non-hydrogen) atoms. The van der Waals surface area contributed by atoms with Gasteiger partial charge in [0.2, 0.25) is 0 Å². The Kier molecular flexibility index (Phi) is 3.27. The molecule has 0 radical (unpaired) electrons. The number of ether oxygens (including phenoxy) is 1. The molecule has 0 amide bonds. The molecule has 1 unspecified atom stereocenters. The van der Waals surface area contributed by atoms with Crippen LogP contribution in [-0.2, 0) is 0 Å². The van der Waals surface area contributed by atoms with Crippen LogP contribution in [-0.4, -0.2) is 36.7 Å². The molecule has 1 aromatic rings. The molecule has 3 heteroatoms. The number of hydrogen-bond donors (Lipinski definition) is 1. The third-order valence-corrected chi connectivity index (χ3v) is 4.19. The average molecular weight is 260 g/mol. The van der Waals surface area contributed by atoms with E-state index in [1.165, 1.54) is 11.1 Å². The minimum Gasteiger partial charge on any atom is -0.487 e. The summed E-state index contributed by atoms with van der Waals surface area (Å²) < 4.78 is 6.18. The van der Waals surface area contributed by atoms with Crippen molar-refractivity contribution >= 4 is 0 Å². The average Bonchev–Trinajstić information content (AvgIpc) is 2.37. The number of fused-ring (bicyclic) bond motifs is 1. The first-order valence-corrected chi connectivity index (χ1v) is 7.29. The molecule has 0 spiro atoms. The molecule has 104 valence electrons. The Labute approximate surface area is 115 Å². The van der Waals surface area contributed by atoms with Crippen molar-refractivity contribution in [2.45, 2.75) is 38.8 Å². The number of aryl methyl sites for hydroxylation is 1. The van der Waals surface area contributed by atoms with E-state index < -0.39 is 0 Å². The van der Waals surface area contributed by atoms with E-state index in [4.69, 9.17) is 4.74 Å². The predicted molar refractivity (Wildman–Crippen MR) is 77.7 cm³/mol. The van der Waals surface area contributed by atoms with Crippen molar-refractivity contribution in [3.8, 4) is 5.75 Å². The van der Waals surface area contributed by atoms with E-state index in [1.54, 1.807) is 0 Å². The zero-order valence-corrected chi connectivity index (χ0v) is 12.2. The van der Waals surface area contributed by atoms with Crippen LogP contribution >= 0.6 is 0 Å². The molecule has 1 saturated heterocycles. The standard InChI is InChI=1S/C16H24N2O/c1-12-4-5-13-14(18-8-6-17-7-9-18)11-16(2,3)19-15(13)10-12/h4-5,10,14,17H,6-9,11H2,1-3H3. The zero-order chi connectivity index (χ0) is 13.5. The van der Waals surface area contributed by atoms with Gasteiger partial charge in [0.15, 0.2) is 0 Å². The normalized spacial score (nSPS) is 26.6. The third-order valence-electron chi connectivity index (χ3n) is 4.19. The summed E-state index contributed by atoms with van der Waals surface area (Å²) in [6.45, 7) is 11.0. The van der Waals surface area contributed by atoms with Crippen LogP contribution in [0.3, 0.4) is 0 Å². The lowest BCUT2D eigenvalue weighted by Gasteiger charge is -2.44. The third kappa shape index (κ3) is 2.63. The Morgan fingerprint density at radius 1 is 1.26 bits per heavy atom. The van der Waals surface area contributed by atoms with Gasteiger partial charge in [-0.3, -0.25) is 4.90 Å². The van der Waals surface area contributed by atoms with Crippen molar-refractivity contribution in [2.75, 3.05) is 26.2 Å². The summed E-state index contributed by atoms with van der Waals surface area (Å²) in [6.07, 6.45) is 1.07. The number of piperazine rings is 1. The van der Waals surface area contributed by atoms with E-state index in [0.717, 1.165) is 38.3 Å². The van der Waals surface area contributed by atoms with Gasteiger partial charge in [-0.25, -0.2) is 0 Å². The highest BCUT2D eigenvalue weighted by Gasteiger charge is 2.36. The van der Waals surface area contributed by atoms with Crippen molar-refractivity contribution in [1.82, 2.24) is 10.2 Å². The van der Waals surface area contributed by atoms with Crippen molar-refractivity contribution in [3.63, 3.8) is 0 Å². The molecule has 3 rings (SSSR count). The van der Waals surface area contributed by atoms with Crippen LogP contribution < -0.4 is 10.1 Å². The molecule has 1 N–H and O–H groups in total. The summed E-state index contributed by atoms with van der Waals surface area (Å²) in [5.74, 6) is 1.08. The van der Waals surface area contributed by atoms with E-state index in [9.17, 15) is 0 Å². The van der Waals surface area contributed by atoms with Crippen molar-refractivity contribution in [1.29, 1.82) is 0 Å². The Morgan fingerprint density at radius 2 is 2.00 bits per heavy atom. The molecule has 0 aliphatic carbocycles. The number of nitrogens with zero attached hydrogens (tertiary/aromatic N) is 1. The Bertz CT molecular complexity index is 464. The second kappa shape index (κ2) is 4.80. The van der Waals surface area contributed by atoms with Crippen molar-refractivity contribution in [2.24, 2.45) is 0 Å². The molecular formula is C16H24N2O. The van der Waals surface area contributed by atoms with Crippen LogP contribution in [0.1, 0.15) is 37.4 Å². The zero-order valence-electron chi connectivity index (χ0n) is 12.2. The van der Waals surface area contributed by atoms with E-state index >= 15 is 0 Å². The maximum absolute atomic E-state index is 6.18. The molecule has 3 nitrogen and oxygen atoms in total. The monoisotopic (exact) mass is 260 g/mol. The summed E-state index contributed by atoms with van der Waals surface area (Å²) >= 11 is 0. The Hall–Kier alpha value is -1.06. The fraction of sp³-hybridized carbons (Fsp3) is 0.625. The molecule has 0 saturated carbocycles. The Balaban J connectivity index is 1.95. The first kappa shape index (κ1) is 12.9. The van der Waals surface area contributed by atoms with E-state index in [2.05, 4.69) is 49.2 Å². The van der Waals surface area contributed by atoms with Gasteiger partial charge in [-0.1, -0.05) is 12.1 Å². The highest BCUT2D eigenvalue weighted by atomic mass is 16.5. The van der Waals surface area contributed by atoms with Gasteiger partial charge in [-0.15, -0.1) is 0 Å². The minimum absolute atomic E-state index is 0.0731. The first-order chi connectivity index (χ1) is 9.05. The Morgan fingerprint density at radius 3 is 2.74 bits per heavy atom. The fourth-order valence-corrected chi connectivity index (χ4v) is 3.24. The maximum Gasteiger partial charge on any atom is 0.125 e. The molecule has 1 atom stereocenters. The maximum atomic E-state index is 6.18. The van der Waals surface area contributed by atoms with E-state index in [-0.39, 0.29) is 5.60 Å². The minimum atomic E-state index is -0.0731. The summed E-state index contributed by atoms with van der Waals surface area (Å²) in [4.78, 5) is 2.61. The van der Waals surface area contributed by atoms with Gasteiger partial charge >= 0.3 is 0 Å². The second-order valence-electron chi connectivity index (χ2n) is 6.41. The van der Waals surface area contributed by atoms with Gasteiger partial charge in [0.1, 0.15) is 11.4 Å². The highest BCUT2D eigenvalue weighted by Crippen LogP contribution is 2.42. The van der Waals surface area contributed by atoms with Crippen LogP contribution in [0, 0.1) is 6.92 Å². The van der Waals surface area contributed by atoms with Gasteiger partial charge in [0.05, 0.1) is 0 Å². The largest absolute Gasteiger partial charge is 0.487 e. The molecule has 0 aromatic heterocycles. The number of benzene rings is 1. The van der Waals surface area contributed by atoms with Gasteiger partial charge in [0, 0.05) is 44.2 Å². The molecular weight excluding hydrogens is 236 g/mol.